The molecular formula is C20H18FNO4S. The molecule has 0 radical (unpaired) electrons. The summed E-state index contributed by atoms with van der Waals surface area (Å²) < 4.78 is 43.2. The first-order valence-corrected chi connectivity index (χ1v) is 9.87. The third-order valence-electron chi connectivity index (χ3n) is 3.99. The maximum absolute atomic E-state index is 13.0. The number of hydrogen-bond donors (Lipinski definition) is 0. The molecule has 0 aliphatic heterocycles. The van der Waals surface area contributed by atoms with E-state index < -0.39 is 9.84 Å². The van der Waals surface area contributed by atoms with Gasteiger partial charge >= 0.3 is 0 Å². The van der Waals surface area contributed by atoms with E-state index in [4.69, 9.17) is 4.42 Å². The van der Waals surface area contributed by atoms with E-state index in [9.17, 15) is 17.6 Å². The maximum Gasteiger partial charge on any atom is 0.289 e. The molecule has 7 heteroatoms. The highest BCUT2D eigenvalue weighted by Crippen LogP contribution is 2.19. The summed E-state index contributed by atoms with van der Waals surface area (Å²) in [5, 5.41) is 0. The molecule has 5 nitrogen and oxygen atoms in total. The van der Waals surface area contributed by atoms with Crippen molar-refractivity contribution < 1.29 is 22.0 Å². The van der Waals surface area contributed by atoms with Gasteiger partial charge in [-0.3, -0.25) is 4.79 Å². The van der Waals surface area contributed by atoms with E-state index in [0.717, 1.165) is 5.56 Å². The average molecular weight is 387 g/mol. The van der Waals surface area contributed by atoms with E-state index in [1.54, 1.807) is 37.4 Å². The Balaban J connectivity index is 1.69. The third-order valence-corrected chi connectivity index (χ3v) is 5.64. The van der Waals surface area contributed by atoms with Crippen molar-refractivity contribution in [2.75, 3.05) is 7.05 Å². The molecule has 0 atom stereocenters. The smallest absolute Gasteiger partial charge is 0.289 e. The van der Waals surface area contributed by atoms with Crippen LogP contribution in [0.2, 0.25) is 0 Å². The van der Waals surface area contributed by atoms with E-state index in [2.05, 4.69) is 0 Å². The van der Waals surface area contributed by atoms with Gasteiger partial charge in [0.15, 0.2) is 15.6 Å². The third kappa shape index (κ3) is 4.62. The van der Waals surface area contributed by atoms with Crippen molar-refractivity contribution in [1.82, 2.24) is 4.90 Å². The lowest BCUT2D eigenvalue weighted by Gasteiger charge is -2.15. The number of halogens is 1. The fraction of sp³-hybridized carbons (Fsp3) is 0.150. The molecule has 0 saturated heterocycles. The van der Waals surface area contributed by atoms with Crippen LogP contribution in [0.25, 0.3) is 0 Å². The van der Waals surface area contributed by atoms with Crippen LogP contribution in [0.3, 0.4) is 0 Å². The van der Waals surface area contributed by atoms with Crippen LogP contribution in [0.15, 0.2) is 76.0 Å². The molecule has 3 rings (SSSR count). The molecule has 0 aliphatic carbocycles. The number of carbonyl (C=O) groups is 1. The van der Waals surface area contributed by atoms with Gasteiger partial charge in [0.05, 0.1) is 4.90 Å². The van der Waals surface area contributed by atoms with Gasteiger partial charge in [0.2, 0.25) is 0 Å². The van der Waals surface area contributed by atoms with E-state index in [-0.39, 0.29) is 40.4 Å². The van der Waals surface area contributed by atoms with Gasteiger partial charge in [-0.25, -0.2) is 12.8 Å². The summed E-state index contributed by atoms with van der Waals surface area (Å²) >= 11 is 0. The van der Waals surface area contributed by atoms with Crippen molar-refractivity contribution in [3.05, 3.63) is 89.6 Å². The van der Waals surface area contributed by atoms with Crippen molar-refractivity contribution >= 4 is 15.7 Å². The molecule has 0 unspecified atom stereocenters. The van der Waals surface area contributed by atoms with Crippen molar-refractivity contribution in [2.45, 2.75) is 17.2 Å². The molecule has 1 amide bonds. The summed E-state index contributed by atoms with van der Waals surface area (Å²) in [4.78, 5) is 14.1. The fourth-order valence-corrected chi connectivity index (χ4v) is 3.86. The Bertz CT molecular complexity index is 1030. The normalized spacial score (nSPS) is 11.3. The number of rotatable bonds is 6. The van der Waals surface area contributed by atoms with Gasteiger partial charge in [-0.15, -0.1) is 0 Å². The first-order chi connectivity index (χ1) is 12.8. The zero-order chi connectivity index (χ0) is 19.4. The lowest BCUT2D eigenvalue weighted by atomic mass is 10.2. The summed E-state index contributed by atoms with van der Waals surface area (Å²) in [6, 6.07) is 16.8. The van der Waals surface area contributed by atoms with Gasteiger partial charge < -0.3 is 9.32 Å². The van der Waals surface area contributed by atoms with Crippen molar-refractivity contribution in [2.24, 2.45) is 0 Å². The summed E-state index contributed by atoms with van der Waals surface area (Å²) in [5.41, 5.74) is 0.769. The summed E-state index contributed by atoms with van der Waals surface area (Å²) in [7, 11) is -1.96. The Morgan fingerprint density at radius 2 is 1.67 bits per heavy atom. The zero-order valence-electron chi connectivity index (χ0n) is 14.6. The van der Waals surface area contributed by atoms with Crippen LogP contribution in [-0.4, -0.2) is 26.3 Å². The van der Waals surface area contributed by atoms with Gasteiger partial charge in [0.25, 0.3) is 5.91 Å². The summed E-state index contributed by atoms with van der Waals surface area (Å²) in [6.07, 6.45) is 0. The Kier molecular flexibility index (Phi) is 5.41. The van der Waals surface area contributed by atoms with Crippen molar-refractivity contribution in [3.63, 3.8) is 0 Å². The van der Waals surface area contributed by atoms with Gasteiger partial charge in [-0.2, -0.15) is 0 Å². The number of benzene rings is 2. The Labute approximate surface area is 157 Å². The first-order valence-electron chi connectivity index (χ1n) is 8.21. The second-order valence-corrected chi connectivity index (χ2v) is 8.12. The Morgan fingerprint density at radius 1 is 1.00 bits per heavy atom. The molecule has 0 saturated carbocycles. The largest absolute Gasteiger partial charge is 0.455 e. The quantitative estimate of drug-likeness (QED) is 0.647. The minimum atomic E-state index is -3.55. The first kappa shape index (κ1) is 18.8. The highest BCUT2D eigenvalue weighted by atomic mass is 32.2. The number of carbonyl (C=O) groups excluding carboxylic acids is 1. The van der Waals surface area contributed by atoms with Gasteiger partial charge in [0.1, 0.15) is 17.3 Å². The van der Waals surface area contributed by atoms with Gasteiger partial charge in [-0.05, 0) is 42.0 Å². The van der Waals surface area contributed by atoms with Crippen LogP contribution in [0.1, 0.15) is 21.9 Å². The van der Waals surface area contributed by atoms with E-state index in [1.165, 1.54) is 41.3 Å². The SMILES string of the molecule is CN(Cc1ccc(F)cc1)C(=O)c1ccc(CS(=O)(=O)c2ccccc2)o1. The molecule has 3 aromatic rings. The van der Waals surface area contributed by atoms with Crippen LogP contribution >= 0.6 is 0 Å². The van der Waals surface area contributed by atoms with Crippen LogP contribution in [0, 0.1) is 5.82 Å². The van der Waals surface area contributed by atoms with Crippen LogP contribution < -0.4 is 0 Å². The lowest BCUT2D eigenvalue weighted by molar-refractivity contribution is 0.0752. The number of sulfone groups is 1. The minimum Gasteiger partial charge on any atom is -0.455 e. The van der Waals surface area contributed by atoms with Gasteiger partial charge in [-0.1, -0.05) is 30.3 Å². The van der Waals surface area contributed by atoms with Crippen molar-refractivity contribution in [3.8, 4) is 0 Å². The second kappa shape index (κ2) is 7.75. The molecule has 0 bridgehead atoms. The standard InChI is InChI=1S/C20H18FNO4S/c1-22(13-15-7-9-16(21)10-8-15)20(23)19-12-11-17(26-19)14-27(24,25)18-5-3-2-4-6-18/h2-12H,13-14H2,1H3. The predicted molar refractivity (Wildman–Crippen MR) is 98.2 cm³/mol. The zero-order valence-corrected chi connectivity index (χ0v) is 15.4. The van der Waals surface area contributed by atoms with Crippen molar-refractivity contribution in [1.29, 1.82) is 0 Å². The topological polar surface area (TPSA) is 67.6 Å². The van der Waals surface area contributed by atoms with E-state index in [0.29, 0.717) is 0 Å². The molecular weight excluding hydrogens is 369 g/mol. The van der Waals surface area contributed by atoms with Crippen LogP contribution in [0.4, 0.5) is 4.39 Å². The molecule has 2 aromatic carbocycles. The molecule has 0 fully saturated rings. The molecule has 0 spiro atoms. The van der Waals surface area contributed by atoms with Gasteiger partial charge in [0, 0.05) is 13.6 Å². The Morgan fingerprint density at radius 3 is 2.33 bits per heavy atom. The molecule has 27 heavy (non-hydrogen) atoms. The number of amides is 1. The average Bonchev–Trinajstić information content (AvgIpc) is 3.11. The lowest BCUT2D eigenvalue weighted by Crippen LogP contribution is -2.25. The second-order valence-electron chi connectivity index (χ2n) is 6.13. The minimum absolute atomic E-state index is 0.0536. The van der Waals surface area contributed by atoms with Crippen LogP contribution in [-0.2, 0) is 22.1 Å². The predicted octanol–water partition coefficient (Wildman–Crippen LogP) is 3.66. The highest BCUT2D eigenvalue weighted by Gasteiger charge is 2.20. The highest BCUT2D eigenvalue weighted by molar-refractivity contribution is 7.90. The monoisotopic (exact) mass is 387 g/mol. The fourth-order valence-electron chi connectivity index (χ4n) is 2.59. The maximum atomic E-state index is 13.0. The van der Waals surface area contributed by atoms with Crippen LogP contribution in [0.5, 0.6) is 0 Å². The number of nitrogens with zero attached hydrogens (tertiary/aromatic N) is 1. The molecule has 0 N–H and O–H groups in total. The molecule has 0 aliphatic rings. The number of hydrogen-bond acceptors (Lipinski definition) is 4. The number of furan rings is 1. The summed E-state index contributed by atoms with van der Waals surface area (Å²) in [6.45, 7) is 0.275. The Hall–Kier alpha value is -2.93. The molecule has 1 heterocycles. The van der Waals surface area contributed by atoms with E-state index in [1.807, 2.05) is 0 Å². The van der Waals surface area contributed by atoms with E-state index >= 15 is 0 Å². The molecule has 1 aromatic heterocycles. The molecule has 140 valence electrons. The summed E-state index contributed by atoms with van der Waals surface area (Å²) in [5.74, 6) is -0.813.